The van der Waals surface area contributed by atoms with Crippen molar-refractivity contribution in [1.29, 1.82) is 0 Å². The summed E-state index contributed by atoms with van der Waals surface area (Å²) in [5, 5.41) is 2.80. The Morgan fingerprint density at radius 3 is 2.86 bits per heavy atom. The van der Waals surface area contributed by atoms with Gasteiger partial charge in [-0.15, -0.1) is 0 Å². The first-order valence-electron chi connectivity index (χ1n) is 6.93. The van der Waals surface area contributed by atoms with Crippen LogP contribution in [0, 0.1) is 6.92 Å². The molecule has 0 fully saturated rings. The van der Waals surface area contributed by atoms with Gasteiger partial charge in [-0.1, -0.05) is 6.07 Å². The summed E-state index contributed by atoms with van der Waals surface area (Å²) in [5.41, 5.74) is 6.31. The Balaban J connectivity index is 2.71. The fraction of sp³-hybridized carbons (Fsp3) is 0.333. The van der Waals surface area contributed by atoms with Crippen LogP contribution in [0.2, 0.25) is 0 Å². The molecule has 0 saturated carbocycles. The predicted octanol–water partition coefficient (Wildman–Crippen LogP) is 0.553. The number of anilines is 1. The van der Waals surface area contributed by atoms with Crippen molar-refractivity contribution in [2.45, 2.75) is 25.8 Å². The van der Waals surface area contributed by atoms with E-state index in [9.17, 15) is 14.4 Å². The lowest BCUT2D eigenvalue weighted by Crippen LogP contribution is -2.37. The molecule has 7 heteroatoms. The minimum atomic E-state index is -0.792. The topological polar surface area (TPSA) is 107 Å². The minimum Gasteiger partial charge on any atom is -0.398 e. The average Bonchev–Trinajstić information content (AvgIpc) is 2.49. The fourth-order valence-electron chi connectivity index (χ4n) is 2.52. The number of carbonyl (C=O) groups excluding carboxylic acids is 2. The number of aldehydes is 1. The molecule has 2 rings (SSSR count). The number of hydrogen-bond donors (Lipinski definition) is 2. The number of likely N-dealkylation sites (N-methyl/N-ethyl adjacent to an activating group) is 1. The van der Waals surface area contributed by atoms with Crippen LogP contribution >= 0.6 is 0 Å². The number of aryl methyl sites for hydroxylation is 1. The molecule has 1 aromatic carbocycles. The Morgan fingerprint density at radius 1 is 1.50 bits per heavy atom. The summed E-state index contributed by atoms with van der Waals surface area (Å²) in [7, 11) is 1.49. The van der Waals surface area contributed by atoms with E-state index in [1.165, 1.54) is 11.6 Å². The molecule has 1 amide bonds. The third-order valence-corrected chi connectivity index (χ3v) is 3.56. The van der Waals surface area contributed by atoms with E-state index in [1.807, 2.05) is 0 Å². The molecule has 0 saturated heterocycles. The van der Waals surface area contributed by atoms with Crippen LogP contribution in [-0.4, -0.2) is 28.8 Å². The number of carbonyl (C=O) groups is 2. The van der Waals surface area contributed by atoms with Crippen LogP contribution in [0.25, 0.3) is 10.9 Å². The zero-order chi connectivity index (χ0) is 16.3. The van der Waals surface area contributed by atoms with Gasteiger partial charge in [0.2, 0.25) is 5.91 Å². The SMILES string of the molecule is CNC(=O)C(CCC=O)n1c(C)nc2cccc(N)c2c1=O. The molecule has 1 aromatic heterocycles. The molecule has 22 heavy (non-hydrogen) atoms. The molecule has 0 bridgehead atoms. The van der Waals surface area contributed by atoms with Crippen molar-refractivity contribution in [1.82, 2.24) is 14.9 Å². The van der Waals surface area contributed by atoms with Gasteiger partial charge in [-0.05, 0) is 25.5 Å². The highest BCUT2D eigenvalue weighted by molar-refractivity contribution is 5.89. The van der Waals surface area contributed by atoms with Gasteiger partial charge in [-0.25, -0.2) is 4.98 Å². The van der Waals surface area contributed by atoms with Crippen LogP contribution < -0.4 is 16.6 Å². The maximum Gasteiger partial charge on any atom is 0.264 e. The van der Waals surface area contributed by atoms with Crippen LogP contribution in [-0.2, 0) is 9.59 Å². The zero-order valence-corrected chi connectivity index (χ0v) is 12.5. The van der Waals surface area contributed by atoms with Gasteiger partial charge >= 0.3 is 0 Å². The van der Waals surface area contributed by atoms with Gasteiger partial charge in [-0.2, -0.15) is 0 Å². The number of nitrogens with zero attached hydrogens (tertiary/aromatic N) is 2. The molecule has 0 aliphatic heterocycles. The summed E-state index contributed by atoms with van der Waals surface area (Å²) in [6, 6.07) is 4.24. The van der Waals surface area contributed by atoms with Crippen molar-refractivity contribution in [2.75, 3.05) is 12.8 Å². The van der Waals surface area contributed by atoms with E-state index in [0.717, 1.165) is 6.29 Å². The van der Waals surface area contributed by atoms with Crippen LogP contribution in [0.15, 0.2) is 23.0 Å². The number of aromatic nitrogens is 2. The van der Waals surface area contributed by atoms with Gasteiger partial charge in [0, 0.05) is 19.2 Å². The molecule has 0 aliphatic carbocycles. The zero-order valence-electron chi connectivity index (χ0n) is 12.5. The van der Waals surface area contributed by atoms with Crippen LogP contribution in [0.1, 0.15) is 24.7 Å². The largest absolute Gasteiger partial charge is 0.398 e. The quantitative estimate of drug-likeness (QED) is 0.619. The summed E-state index contributed by atoms with van der Waals surface area (Å²) in [5.74, 6) is 0.0605. The molecule has 116 valence electrons. The smallest absolute Gasteiger partial charge is 0.264 e. The number of benzene rings is 1. The Kier molecular flexibility index (Phi) is 4.55. The molecule has 0 aliphatic rings. The second-order valence-corrected chi connectivity index (χ2v) is 4.95. The second-order valence-electron chi connectivity index (χ2n) is 4.95. The van der Waals surface area contributed by atoms with E-state index in [0.29, 0.717) is 17.0 Å². The number of amides is 1. The highest BCUT2D eigenvalue weighted by atomic mass is 16.2. The van der Waals surface area contributed by atoms with Gasteiger partial charge in [0.05, 0.1) is 10.9 Å². The average molecular weight is 302 g/mol. The molecular weight excluding hydrogens is 284 g/mol. The van der Waals surface area contributed by atoms with Gasteiger partial charge in [0.15, 0.2) is 0 Å². The standard InChI is InChI=1S/C15H18N4O3/c1-9-18-11-6-3-5-10(16)13(11)15(22)19(9)12(7-4-8-20)14(21)17-2/h3,5-6,8,12H,4,7,16H2,1-2H3,(H,17,21). The molecule has 1 heterocycles. The van der Waals surface area contributed by atoms with Crippen molar-refractivity contribution in [2.24, 2.45) is 0 Å². The van der Waals surface area contributed by atoms with Crippen molar-refractivity contribution in [3.05, 3.63) is 34.4 Å². The summed E-state index contributed by atoms with van der Waals surface area (Å²) in [6.07, 6.45) is 1.12. The monoisotopic (exact) mass is 302 g/mol. The number of nitrogen functional groups attached to an aromatic ring is 1. The molecule has 1 unspecified atom stereocenters. The third kappa shape index (κ3) is 2.69. The van der Waals surface area contributed by atoms with Gasteiger partial charge < -0.3 is 15.8 Å². The molecule has 0 spiro atoms. The molecule has 2 aromatic rings. The Morgan fingerprint density at radius 2 is 2.23 bits per heavy atom. The highest BCUT2D eigenvalue weighted by Crippen LogP contribution is 2.19. The first-order valence-corrected chi connectivity index (χ1v) is 6.93. The highest BCUT2D eigenvalue weighted by Gasteiger charge is 2.23. The Labute approximate surface area is 127 Å². The van der Waals surface area contributed by atoms with Gasteiger partial charge in [0.25, 0.3) is 5.56 Å². The number of nitrogens with one attached hydrogen (secondary N) is 1. The van der Waals surface area contributed by atoms with E-state index in [2.05, 4.69) is 10.3 Å². The van der Waals surface area contributed by atoms with Crippen molar-refractivity contribution >= 4 is 28.8 Å². The Hall–Kier alpha value is -2.70. The van der Waals surface area contributed by atoms with Crippen molar-refractivity contribution in [3.63, 3.8) is 0 Å². The van der Waals surface area contributed by atoms with E-state index >= 15 is 0 Å². The van der Waals surface area contributed by atoms with Crippen LogP contribution in [0.3, 0.4) is 0 Å². The molecular formula is C15H18N4O3. The lowest BCUT2D eigenvalue weighted by atomic mass is 10.1. The molecule has 0 radical (unpaired) electrons. The lowest BCUT2D eigenvalue weighted by molar-refractivity contribution is -0.124. The van der Waals surface area contributed by atoms with Crippen molar-refractivity contribution in [3.8, 4) is 0 Å². The first-order chi connectivity index (χ1) is 10.5. The third-order valence-electron chi connectivity index (χ3n) is 3.56. The lowest BCUT2D eigenvalue weighted by Gasteiger charge is -2.20. The molecule has 7 nitrogen and oxygen atoms in total. The van der Waals surface area contributed by atoms with Crippen LogP contribution in [0.4, 0.5) is 5.69 Å². The van der Waals surface area contributed by atoms with Gasteiger partial charge in [-0.3, -0.25) is 14.2 Å². The fourth-order valence-corrected chi connectivity index (χ4v) is 2.52. The van der Waals surface area contributed by atoms with Crippen molar-refractivity contribution < 1.29 is 9.59 Å². The summed E-state index contributed by atoms with van der Waals surface area (Å²) >= 11 is 0. The van der Waals surface area contributed by atoms with E-state index in [1.54, 1.807) is 25.1 Å². The Bertz CT molecular complexity index is 782. The van der Waals surface area contributed by atoms with Gasteiger partial charge in [0.1, 0.15) is 18.2 Å². The molecule has 1 atom stereocenters. The number of rotatable bonds is 5. The van der Waals surface area contributed by atoms with E-state index in [-0.39, 0.29) is 29.7 Å². The minimum absolute atomic E-state index is 0.173. The molecule has 3 N–H and O–H groups in total. The maximum atomic E-state index is 12.8. The normalized spacial score (nSPS) is 12.1. The number of nitrogens with two attached hydrogens (primary N) is 1. The predicted molar refractivity (Wildman–Crippen MR) is 83.6 cm³/mol. The number of hydrogen-bond acceptors (Lipinski definition) is 5. The first kappa shape index (κ1) is 15.7. The van der Waals surface area contributed by atoms with E-state index in [4.69, 9.17) is 5.73 Å². The van der Waals surface area contributed by atoms with Crippen LogP contribution in [0.5, 0.6) is 0 Å². The summed E-state index contributed by atoms with van der Waals surface area (Å²) in [4.78, 5) is 39.9. The second kappa shape index (κ2) is 6.38. The summed E-state index contributed by atoms with van der Waals surface area (Å²) < 4.78 is 1.31. The maximum absolute atomic E-state index is 12.8. The summed E-state index contributed by atoms with van der Waals surface area (Å²) in [6.45, 7) is 1.65. The van der Waals surface area contributed by atoms with E-state index < -0.39 is 6.04 Å². The number of fused-ring (bicyclic) bond motifs is 1.